The Bertz CT molecular complexity index is 492. The van der Waals surface area contributed by atoms with Crippen molar-refractivity contribution in [3.8, 4) is 0 Å². The van der Waals surface area contributed by atoms with Crippen molar-refractivity contribution in [3.63, 3.8) is 0 Å². The minimum Gasteiger partial charge on any atom is -0.353 e. The highest BCUT2D eigenvalue weighted by Crippen LogP contribution is 2.50. The summed E-state index contributed by atoms with van der Waals surface area (Å²) in [6.07, 6.45) is 4.30. The van der Waals surface area contributed by atoms with E-state index >= 15 is 0 Å². The molecule has 2 heteroatoms. The Morgan fingerprint density at radius 2 is 1.95 bits per heavy atom. The van der Waals surface area contributed by atoms with Gasteiger partial charge in [0.15, 0.2) is 5.72 Å². The van der Waals surface area contributed by atoms with Crippen LogP contribution in [0.3, 0.4) is 0 Å². The first-order chi connectivity index (χ1) is 9.06. The molecule has 1 atom stereocenters. The van der Waals surface area contributed by atoms with E-state index in [2.05, 4.69) is 45.0 Å². The summed E-state index contributed by atoms with van der Waals surface area (Å²) in [5.41, 5.74) is 3.72. The standard InChI is InChI=1S/C17H23NO/c1-4-13-6-8-14(9-7-13)15-12-16(2,3)17(18-15)10-5-11-19-17/h6-9H,4-5,10-12H2,1-3H3. The van der Waals surface area contributed by atoms with Crippen LogP contribution in [0.25, 0.3) is 0 Å². The van der Waals surface area contributed by atoms with Gasteiger partial charge in [0.05, 0.1) is 0 Å². The van der Waals surface area contributed by atoms with Crippen molar-refractivity contribution in [1.82, 2.24) is 0 Å². The fourth-order valence-corrected chi connectivity index (χ4v) is 3.31. The van der Waals surface area contributed by atoms with Crippen molar-refractivity contribution in [2.24, 2.45) is 10.4 Å². The Kier molecular flexibility index (Phi) is 3.01. The molecular weight excluding hydrogens is 234 g/mol. The lowest BCUT2D eigenvalue weighted by Crippen LogP contribution is -2.38. The molecule has 2 heterocycles. The second-order valence-electron chi connectivity index (χ2n) is 6.41. The highest BCUT2D eigenvalue weighted by Gasteiger charge is 2.53. The first-order valence-electron chi connectivity index (χ1n) is 7.38. The predicted molar refractivity (Wildman–Crippen MR) is 78.7 cm³/mol. The summed E-state index contributed by atoms with van der Waals surface area (Å²) in [7, 11) is 0. The highest BCUT2D eigenvalue weighted by molar-refractivity contribution is 6.02. The maximum atomic E-state index is 6.03. The van der Waals surface area contributed by atoms with Crippen LogP contribution in [0.1, 0.15) is 51.2 Å². The average Bonchev–Trinajstić information content (AvgIpc) is 2.97. The van der Waals surface area contributed by atoms with E-state index in [1.54, 1.807) is 0 Å². The number of aliphatic imine (C=N–C) groups is 1. The molecule has 0 amide bonds. The summed E-state index contributed by atoms with van der Waals surface area (Å²) < 4.78 is 6.03. The summed E-state index contributed by atoms with van der Waals surface area (Å²) in [5, 5.41) is 0. The van der Waals surface area contributed by atoms with E-state index in [-0.39, 0.29) is 11.1 Å². The quantitative estimate of drug-likeness (QED) is 0.785. The molecule has 1 fully saturated rings. The molecule has 2 aliphatic heterocycles. The maximum absolute atomic E-state index is 6.03. The molecule has 1 aromatic carbocycles. The van der Waals surface area contributed by atoms with Crippen LogP contribution in [0.4, 0.5) is 0 Å². The van der Waals surface area contributed by atoms with Gasteiger partial charge in [-0.3, -0.25) is 4.99 Å². The number of hydrogen-bond acceptors (Lipinski definition) is 2. The zero-order valence-electron chi connectivity index (χ0n) is 12.2. The molecule has 2 aliphatic rings. The van der Waals surface area contributed by atoms with Gasteiger partial charge in [0.2, 0.25) is 0 Å². The Hall–Kier alpha value is -1.15. The normalized spacial score (nSPS) is 28.9. The summed E-state index contributed by atoms with van der Waals surface area (Å²) in [6.45, 7) is 7.62. The van der Waals surface area contributed by atoms with E-state index < -0.39 is 0 Å². The number of rotatable bonds is 2. The summed E-state index contributed by atoms with van der Waals surface area (Å²) in [6, 6.07) is 8.85. The van der Waals surface area contributed by atoms with Gasteiger partial charge in [0, 0.05) is 17.7 Å². The van der Waals surface area contributed by atoms with Gasteiger partial charge in [-0.25, -0.2) is 0 Å². The lowest BCUT2D eigenvalue weighted by molar-refractivity contribution is -0.0654. The van der Waals surface area contributed by atoms with Crippen LogP contribution in [-0.2, 0) is 11.2 Å². The predicted octanol–water partition coefficient (Wildman–Crippen LogP) is 3.97. The lowest BCUT2D eigenvalue weighted by atomic mass is 9.78. The van der Waals surface area contributed by atoms with Crippen LogP contribution < -0.4 is 0 Å². The molecule has 1 unspecified atom stereocenters. The third kappa shape index (κ3) is 2.02. The van der Waals surface area contributed by atoms with Crippen LogP contribution in [-0.4, -0.2) is 18.0 Å². The van der Waals surface area contributed by atoms with Crippen molar-refractivity contribution < 1.29 is 4.74 Å². The van der Waals surface area contributed by atoms with Gasteiger partial charge in [0.25, 0.3) is 0 Å². The largest absolute Gasteiger partial charge is 0.353 e. The van der Waals surface area contributed by atoms with Crippen LogP contribution >= 0.6 is 0 Å². The van der Waals surface area contributed by atoms with Crippen molar-refractivity contribution in [2.45, 2.75) is 52.2 Å². The summed E-state index contributed by atoms with van der Waals surface area (Å²) in [4.78, 5) is 4.99. The molecule has 102 valence electrons. The maximum Gasteiger partial charge on any atom is 0.164 e. The second-order valence-corrected chi connectivity index (χ2v) is 6.41. The molecule has 0 bridgehead atoms. The first kappa shape index (κ1) is 12.9. The SMILES string of the molecule is CCc1ccc(C2=NC3(CCCO3)C(C)(C)C2)cc1. The van der Waals surface area contributed by atoms with E-state index in [1.165, 1.54) is 16.8 Å². The van der Waals surface area contributed by atoms with Crippen molar-refractivity contribution in [1.29, 1.82) is 0 Å². The monoisotopic (exact) mass is 257 g/mol. The van der Waals surface area contributed by atoms with Gasteiger partial charge >= 0.3 is 0 Å². The van der Waals surface area contributed by atoms with E-state index in [4.69, 9.17) is 9.73 Å². The Labute approximate surface area is 115 Å². The Morgan fingerprint density at radius 1 is 1.21 bits per heavy atom. The number of hydrogen-bond donors (Lipinski definition) is 0. The molecular formula is C17H23NO. The van der Waals surface area contributed by atoms with Gasteiger partial charge in [-0.1, -0.05) is 45.0 Å². The zero-order chi connectivity index (χ0) is 13.5. The van der Waals surface area contributed by atoms with Crippen molar-refractivity contribution in [3.05, 3.63) is 35.4 Å². The zero-order valence-corrected chi connectivity index (χ0v) is 12.2. The van der Waals surface area contributed by atoms with Gasteiger partial charge in [-0.05, 0) is 36.8 Å². The third-order valence-corrected chi connectivity index (χ3v) is 4.68. The minimum atomic E-state index is -0.258. The number of benzene rings is 1. The highest BCUT2D eigenvalue weighted by atomic mass is 16.5. The second kappa shape index (κ2) is 4.45. The molecule has 1 spiro atoms. The Balaban J connectivity index is 1.93. The van der Waals surface area contributed by atoms with E-state index in [0.29, 0.717) is 0 Å². The Morgan fingerprint density at radius 3 is 2.53 bits per heavy atom. The average molecular weight is 257 g/mol. The van der Waals surface area contributed by atoms with Crippen LogP contribution in [0, 0.1) is 5.41 Å². The molecule has 19 heavy (non-hydrogen) atoms. The van der Waals surface area contributed by atoms with Gasteiger partial charge in [-0.2, -0.15) is 0 Å². The van der Waals surface area contributed by atoms with Gasteiger partial charge in [-0.15, -0.1) is 0 Å². The molecule has 2 nitrogen and oxygen atoms in total. The van der Waals surface area contributed by atoms with Crippen LogP contribution in [0.2, 0.25) is 0 Å². The fraction of sp³-hybridized carbons (Fsp3) is 0.588. The van der Waals surface area contributed by atoms with Crippen molar-refractivity contribution >= 4 is 5.71 Å². The van der Waals surface area contributed by atoms with E-state index in [9.17, 15) is 0 Å². The van der Waals surface area contributed by atoms with Crippen LogP contribution in [0.15, 0.2) is 29.3 Å². The third-order valence-electron chi connectivity index (χ3n) is 4.68. The molecule has 1 saturated heterocycles. The fourth-order valence-electron chi connectivity index (χ4n) is 3.31. The lowest BCUT2D eigenvalue weighted by Gasteiger charge is -2.34. The van der Waals surface area contributed by atoms with E-state index in [1.807, 2.05) is 0 Å². The molecule has 0 radical (unpaired) electrons. The van der Waals surface area contributed by atoms with E-state index in [0.717, 1.165) is 32.3 Å². The molecule has 0 saturated carbocycles. The summed E-state index contributed by atoms with van der Waals surface area (Å²) >= 11 is 0. The molecule has 0 N–H and O–H groups in total. The topological polar surface area (TPSA) is 21.6 Å². The molecule has 0 aromatic heterocycles. The first-order valence-corrected chi connectivity index (χ1v) is 7.38. The number of ether oxygens (including phenoxy) is 1. The summed E-state index contributed by atoms with van der Waals surface area (Å²) in [5.74, 6) is 0. The smallest absolute Gasteiger partial charge is 0.164 e. The number of aryl methyl sites for hydroxylation is 1. The number of nitrogens with zero attached hydrogens (tertiary/aromatic N) is 1. The van der Waals surface area contributed by atoms with Crippen molar-refractivity contribution in [2.75, 3.05) is 6.61 Å². The molecule has 1 aromatic rings. The van der Waals surface area contributed by atoms with Gasteiger partial charge < -0.3 is 4.74 Å². The van der Waals surface area contributed by atoms with Crippen LogP contribution in [0.5, 0.6) is 0 Å². The molecule has 0 aliphatic carbocycles. The molecule has 3 rings (SSSR count). The minimum absolute atomic E-state index is 0.113. The van der Waals surface area contributed by atoms with Gasteiger partial charge in [0.1, 0.15) is 0 Å².